The van der Waals surface area contributed by atoms with Crippen LogP contribution in [-0.4, -0.2) is 39.3 Å². The molecule has 28 heavy (non-hydrogen) atoms. The first kappa shape index (κ1) is 21.9. The van der Waals surface area contributed by atoms with Gasteiger partial charge in [0.15, 0.2) is 18.2 Å². The molecule has 2 aromatic rings. The fraction of sp³-hybridized carbons (Fsp3) is 0.316. The van der Waals surface area contributed by atoms with Crippen LogP contribution in [0.25, 0.3) is 0 Å². The largest absolute Gasteiger partial charge is 0.333 e. The Morgan fingerprint density at radius 3 is 2.43 bits per heavy atom. The Labute approximate surface area is 163 Å². The van der Waals surface area contributed by atoms with Crippen molar-refractivity contribution < 1.29 is 27.3 Å². The molecule has 2 rings (SSSR count). The molecule has 0 bridgehead atoms. The van der Waals surface area contributed by atoms with Crippen LogP contribution in [0.1, 0.15) is 24.1 Å². The fourth-order valence-corrected chi connectivity index (χ4v) is 3.45. The highest BCUT2D eigenvalue weighted by Crippen LogP contribution is 2.22. The number of carbonyl (C=O) groups excluding carboxylic acids is 1. The summed E-state index contributed by atoms with van der Waals surface area (Å²) in [6.45, 7) is 3.56. The predicted molar refractivity (Wildman–Crippen MR) is 102 cm³/mol. The first-order valence-electron chi connectivity index (χ1n) is 8.63. The van der Waals surface area contributed by atoms with Crippen molar-refractivity contribution >= 4 is 21.6 Å². The average molecular weight is 412 g/mol. The Balaban J connectivity index is 2.05. The minimum atomic E-state index is -3.61. The first-order chi connectivity index (χ1) is 13.0. The van der Waals surface area contributed by atoms with E-state index in [1.54, 1.807) is 25.2 Å². The number of rotatable bonds is 7. The van der Waals surface area contributed by atoms with Gasteiger partial charge in [-0.25, -0.2) is 21.5 Å². The number of benzene rings is 2. The van der Waals surface area contributed by atoms with E-state index in [-0.39, 0.29) is 23.4 Å². The molecule has 0 aliphatic heterocycles. The lowest BCUT2D eigenvalue weighted by atomic mass is 10.1. The highest BCUT2D eigenvalue weighted by molar-refractivity contribution is 7.89. The van der Waals surface area contributed by atoms with E-state index in [0.717, 1.165) is 22.0 Å². The Morgan fingerprint density at radius 2 is 1.82 bits per heavy atom. The summed E-state index contributed by atoms with van der Waals surface area (Å²) in [7, 11) is -0.748. The number of carbonyl (C=O) groups is 1. The number of nitrogens with one attached hydrogen (secondary N) is 1. The van der Waals surface area contributed by atoms with Crippen LogP contribution in [0.5, 0.6) is 0 Å². The van der Waals surface area contributed by atoms with Crippen LogP contribution in [0.3, 0.4) is 0 Å². The number of anilines is 1. The summed E-state index contributed by atoms with van der Waals surface area (Å²) < 4.78 is 52.0. The Hall–Kier alpha value is -2.36. The highest BCUT2D eigenvalue weighted by atomic mass is 32.2. The molecule has 1 amide bonds. The molecule has 0 aromatic heterocycles. The minimum Gasteiger partial charge on any atom is -0.333 e. The third kappa shape index (κ3) is 5.12. The highest BCUT2D eigenvalue weighted by Gasteiger charge is 2.19. The molecule has 0 aliphatic carbocycles. The van der Waals surface area contributed by atoms with E-state index in [0.29, 0.717) is 11.3 Å². The molecule has 0 saturated carbocycles. The summed E-state index contributed by atoms with van der Waals surface area (Å²) in [4.78, 5) is 12.4. The summed E-state index contributed by atoms with van der Waals surface area (Å²) in [5.74, 6) is -2.19. The summed E-state index contributed by atoms with van der Waals surface area (Å²) >= 11 is 0. The van der Waals surface area contributed by atoms with Crippen LogP contribution in [0, 0.1) is 18.6 Å². The van der Waals surface area contributed by atoms with E-state index in [2.05, 4.69) is 5.32 Å². The zero-order valence-electron chi connectivity index (χ0n) is 16.2. The van der Waals surface area contributed by atoms with Crippen molar-refractivity contribution in [3.8, 4) is 0 Å². The van der Waals surface area contributed by atoms with Gasteiger partial charge in [-0.05, 0) is 49.7 Å². The number of hydrogen-bond donors (Lipinski definition) is 2. The predicted octanol–water partition coefficient (Wildman–Crippen LogP) is 1.79. The van der Waals surface area contributed by atoms with Crippen molar-refractivity contribution in [3.63, 3.8) is 0 Å². The zero-order chi connectivity index (χ0) is 21.1. The molecule has 0 spiro atoms. The van der Waals surface area contributed by atoms with Crippen molar-refractivity contribution in [2.45, 2.75) is 24.8 Å². The SMILES string of the molecule is Cc1ccc(S(=O)(=O)N(C)C)cc1NC(=O)C[NH2+][C@@H](C)c1ccc(F)c(F)c1. The van der Waals surface area contributed by atoms with Crippen molar-refractivity contribution in [1.82, 2.24) is 4.31 Å². The zero-order valence-corrected chi connectivity index (χ0v) is 17.0. The summed E-state index contributed by atoms with van der Waals surface area (Å²) in [6.07, 6.45) is 0. The summed E-state index contributed by atoms with van der Waals surface area (Å²) in [6, 6.07) is 7.89. The van der Waals surface area contributed by atoms with Crippen LogP contribution < -0.4 is 10.6 Å². The van der Waals surface area contributed by atoms with Gasteiger partial charge in [0.25, 0.3) is 5.91 Å². The third-order valence-electron chi connectivity index (χ3n) is 4.39. The second-order valence-corrected chi connectivity index (χ2v) is 8.87. The molecule has 0 aliphatic rings. The Kier molecular flexibility index (Phi) is 6.87. The molecule has 2 aromatic carbocycles. The summed E-state index contributed by atoms with van der Waals surface area (Å²) in [5, 5.41) is 4.38. The van der Waals surface area contributed by atoms with Gasteiger partial charge in [0.1, 0.15) is 6.04 Å². The smallest absolute Gasteiger partial charge is 0.279 e. The number of hydrogen-bond acceptors (Lipinski definition) is 3. The lowest BCUT2D eigenvalue weighted by Crippen LogP contribution is -2.86. The van der Waals surface area contributed by atoms with E-state index in [4.69, 9.17) is 0 Å². The second kappa shape index (κ2) is 8.76. The Bertz CT molecular complexity index is 978. The summed E-state index contributed by atoms with van der Waals surface area (Å²) in [5.41, 5.74) is 1.68. The molecule has 0 radical (unpaired) electrons. The number of nitrogens with zero attached hydrogens (tertiary/aromatic N) is 1. The van der Waals surface area contributed by atoms with Crippen molar-refractivity contribution in [2.24, 2.45) is 0 Å². The number of amides is 1. The molecule has 6 nitrogen and oxygen atoms in total. The van der Waals surface area contributed by atoms with E-state index in [9.17, 15) is 22.0 Å². The maximum atomic E-state index is 13.3. The van der Waals surface area contributed by atoms with Gasteiger partial charge in [0.05, 0.1) is 4.90 Å². The third-order valence-corrected chi connectivity index (χ3v) is 6.20. The van der Waals surface area contributed by atoms with Gasteiger partial charge in [0.2, 0.25) is 10.0 Å². The van der Waals surface area contributed by atoms with Gasteiger partial charge in [-0.15, -0.1) is 0 Å². The van der Waals surface area contributed by atoms with Gasteiger partial charge in [-0.2, -0.15) is 0 Å². The van der Waals surface area contributed by atoms with E-state index in [1.807, 2.05) is 0 Å². The molecule has 0 saturated heterocycles. The number of sulfonamides is 1. The van der Waals surface area contributed by atoms with Crippen LogP contribution in [-0.2, 0) is 14.8 Å². The average Bonchev–Trinajstić information content (AvgIpc) is 2.63. The molecule has 3 N–H and O–H groups in total. The molecule has 1 atom stereocenters. The van der Waals surface area contributed by atoms with Crippen molar-refractivity contribution in [2.75, 3.05) is 26.0 Å². The van der Waals surface area contributed by atoms with Gasteiger partial charge >= 0.3 is 0 Å². The van der Waals surface area contributed by atoms with Crippen molar-refractivity contribution in [3.05, 3.63) is 59.2 Å². The molecule has 0 heterocycles. The molecular formula is C19H24F2N3O3S+. The van der Waals surface area contributed by atoms with Gasteiger partial charge in [0, 0.05) is 25.3 Å². The molecule has 0 fully saturated rings. The maximum Gasteiger partial charge on any atom is 0.279 e. The number of nitrogens with two attached hydrogens (primary N) is 1. The first-order valence-corrected chi connectivity index (χ1v) is 10.1. The molecule has 9 heteroatoms. The minimum absolute atomic E-state index is 0.0320. The van der Waals surface area contributed by atoms with E-state index >= 15 is 0 Å². The Morgan fingerprint density at radius 1 is 1.14 bits per heavy atom. The second-order valence-electron chi connectivity index (χ2n) is 6.71. The van der Waals surface area contributed by atoms with Crippen molar-refractivity contribution in [1.29, 1.82) is 0 Å². The topological polar surface area (TPSA) is 83.1 Å². The fourth-order valence-electron chi connectivity index (χ4n) is 2.52. The lowest BCUT2D eigenvalue weighted by Gasteiger charge is -2.15. The van der Waals surface area contributed by atoms with E-state index in [1.165, 1.54) is 32.3 Å². The standard InChI is InChI=1S/C19H23F2N3O3S/c1-12-5-7-15(28(26,27)24(3)4)10-18(12)23-19(25)11-22-13(2)14-6-8-16(20)17(21)9-14/h5-10,13,22H,11H2,1-4H3,(H,23,25)/p+1/t13-/m0/s1. The molecule has 0 unspecified atom stereocenters. The lowest BCUT2D eigenvalue weighted by molar-refractivity contribution is -0.682. The number of aryl methyl sites for hydroxylation is 1. The monoisotopic (exact) mass is 412 g/mol. The van der Waals surface area contributed by atoms with Crippen LogP contribution in [0.15, 0.2) is 41.3 Å². The quantitative estimate of drug-likeness (QED) is 0.727. The van der Waals surface area contributed by atoms with Gasteiger partial charge < -0.3 is 10.6 Å². The van der Waals surface area contributed by atoms with Gasteiger partial charge in [-0.3, -0.25) is 4.79 Å². The maximum absolute atomic E-state index is 13.3. The van der Waals surface area contributed by atoms with Crippen LogP contribution in [0.2, 0.25) is 0 Å². The van der Waals surface area contributed by atoms with Crippen LogP contribution >= 0.6 is 0 Å². The van der Waals surface area contributed by atoms with Crippen LogP contribution in [0.4, 0.5) is 14.5 Å². The van der Waals surface area contributed by atoms with Gasteiger partial charge in [-0.1, -0.05) is 6.07 Å². The normalized spacial score (nSPS) is 12.8. The number of quaternary nitrogens is 1. The molecule has 152 valence electrons. The van der Waals surface area contributed by atoms with E-state index < -0.39 is 21.7 Å². The number of halogens is 2. The molecular weight excluding hydrogens is 388 g/mol.